The summed E-state index contributed by atoms with van der Waals surface area (Å²) >= 11 is 4.53. The first-order chi connectivity index (χ1) is 9.24. The van der Waals surface area contributed by atoms with Gasteiger partial charge in [-0.1, -0.05) is 25.2 Å². The highest BCUT2D eigenvalue weighted by Gasteiger charge is 2.42. The average Bonchev–Trinajstić information content (AvgIpc) is 2.32. The molecule has 1 aromatic rings. The summed E-state index contributed by atoms with van der Waals surface area (Å²) in [5.41, 5.74) is 6.78. The van der Waals surface area contributed by atoms with Crippen molar-refractivity contribution in [3.8, 4) is 0 Å². The maximum atomic E-state index is 12.9. The normalized spacial score (nSPS) is 13.5. The first-order valence-electron chi connectivity index (χ1n) is 6.25. The summed E-state index contributed by atoms with van der Waals surface area (Å²) in [6.45, 7) is 4.19. The van der Waals surface area contributed by atoms with Crippen LogP contribution in [0, 0.1) is 12.8 Å². The molecule has 0 spiro atoms. The molecule has 0 aromatic carbocycles. The SMILES string of the molecule is CCN(Cc1cccc(C)n1)CC(C(N)=S)C(F)(F)F. The average molecular weight is 305 g/mol. The van der Waals surface area contributed by atoms with Crippen LogP contribution >= 0.6 is 12.2 Å². The zero-order valence-corrected chi connectivity index (χ0v) is 12.3. The quantitative estimate of drug-likeness (QED) is 0.821. The van der Waals surface area contributed by atoms with Crippen molar-refractivity contribution in [3.63, 3.8) is 0 Å². The Balaban J connectivity index is 2.78. The standard InChI is InChI=1S/C13H18F3N3S/c1-3-19(7-10-6-4-5-9(2)18-10)8-11(12(17)20)13(14,15)16/h4-6,11H,3,7-8H2,1-2H3,(H2,17,20). The van der Waals surface area contributed by atoms with Gasteiger partial charge in [0.25, 0.3) is 0 Å². The summed E-state index contributed by atoms with van der Waals surface area (Å²) in [6, 6.07) is 5.46. The number of nitrogens with two attached hydrogens (primary N) is 1. The van der Waals surface area contributed by atoms with Crippen LogP contribution in [0.25, 0.3) is 0 Å². The van der Waals surface area contributed by atoms with Crippen LogP contribution in [0.1, 0.15) is 18.3 Å². The van der Waals surface area contributed by atoms with Gasteiger partial charge in [0.1, 0.15) is 5.92 Å². The lowest BCUT2D eigenvalue weighted by atomic mass is 10.1. The molecule has 7 heteroatoms. The lowest BCUT2D eigenvalue weighted by Gasteiger charge is -2.27. The van der Waals surface area contributed by atoms with Crippen molar-refractivity contribution < 1.29 is 13.2 Å². The molecular formula is C13H18F3N3S. The van der Waals surface area contributed by atoms with E-state index in [1.807, 2.05) is 19.1 Å². The van der Waals surface area contributed by atoms with Crippen LogP contribution in [-0.4, -0.2) is 34.1 Å². The molecule has 1 rings (SSSR count). The second-order valence-corrected chi connectivity index (χ2v) is 5.07. The number of rotatable bonds is 6. The molecular weight excluding hydrogens is 287 g/mol. The Bertz CT molecular complexity index is 462. The van der Waals surface area contributed by atoms with Gasteiger partial charge in [0, 0.05) is 18.8 Å². The molecule has 112 valence electrons. The van der Waals surface area contributed by atoms with E-state index in [9.17, 15) is 13.2 Å². The van der Waals surface area contributed by atoms with E-state index in [1.165, 1.54) is 0 Å². The Morgan fingerprint density at radius 2 is 2.10 bits per heavy atom. The molecule has 1 heterocycles. The van der Waals surface area contributed by atoms with Crippen LogP contribution in [0.3, 0.4) is 0 Å². The number of nitrogens with zero attached hydrogens (tertiary/aromatic N) is 2. The van der Waals surface area contributed by atoms with Gasteiger partial charge < -0.3 is 5.73 Å². The molecule has 0 saturated heterocycles. The molecule has 1 aromatic heterocycles. The highest BCUT2D eigenvalue weighted by atomic mass is 32.1. The van der Waals surface area contributed by atoms with Gasteiger partial charge in [0.15, 0.2) is 0 Å². The fourth-order valence-electron chi connectivity index (χ4n) is 1.84. The zero-order chi connectivity index (χ0) is 15.3. The number of pyridine rings is 1. The molecule has 2 N–H and O–H groups in total. The Hall–Kier alpha value is -1.21. The Morgan fingerprint density at radius 3 is 2.55 bits per heavy atom. The minimum Gasteiger partial charge on any atom is -0.393 e. The summed E-state index contributed by atoms with van der Waals surface area (Å²) in [6.07, 6.45) is -4.42. The molecule has 20 heavy (non-hydrogen) atoms. The number of aromatic nitrogens is 1. The fourth-order valence-corrected chi connectivity index (χ4v) is 2.04. The van der Waals surface area contributed by atoms with Crippen LogP contribution in [0.2, 0.25) is 0 Å². The van der Waals surface area contributed by atoms with E-state index in [-0.39, 0.29) is 6.54 Å². The van der Waals surface area contributed by atoms with Gasteiger partial charge in [-0.05, 0) is 25.6 Å². The molecule has 0 bridgehead atoms. The number of aryl methyl sites for hydroxylation is 1. The Kier molecular flexibility index (Phi) is 5.88. The maximum absolute atomic E-state index is 12.9. The van der Waals surface area contributed by atoms with Crippen LogP contribution in [0.4, 0.5) is 13.2 Å². The van der Waals surface area contributed by atoms with E-state index in [0.29, 0.717) is 13.1 Å². The van der Waals surface area contributed by atoms with E-state index >= 15 is 0 Å². The number of hydrogen-bond donors (Lipinski definition) is 1. The monoisotopic (exact) mass is 305 g/mol. The molecule has 1 atom stereocenters. The van der Waals surface area contributed by atoms with Crippen molar-refractivity contribution in [2.45, 2.75) is 26.6 Å². The second kappa shape index (κ2) is 6.99. The molecule has 1 unspecified atom stereocenters. The largest absolute Gasteiger partial charge is 0.399 e. The third kappa shape index (κ3) is 5.05. The zero-order valence-electron chi connectivity index (χ0n) is 11.4. The van der Waals surface area contributed by atoms with Gasteiger partial charge >= 0.3 is 6.18 Å². The number of alkyl halides is 3. The third-order valence-electron chi connectivity index (χ3n) is 2.96. The molecule has 0 aliphatic heterocycles. The van der Waals surface area contributed by atoms with Crippen molar-refractivity contribution in [1.29, 1.82) is 0 Å². The van der Waals surface area contributed by atoms with E-state index < -0.39 is 17.1 Å². The number of hydrogen-bond acceptors (Lipinski definition) is 3. The van der Waals surface area contributed by atoms with Crippen molar-refractivity contribution in [1.82, 2.24) is 9.88 Å². The second-order valence-electron chi connectivity index (χ2n) is 4.59. The van der Waals surface area contributed by atoms with E-state index in [1.54, 1.807) is 17.9 Å². The fraction of sp³-hybridized carbons (Fsp3) is 0.538. The van der Waals surface area contributed by atoms with Gasteiger partial charge in [0.05, 0.1) is 10.7 Å². The minimum atomic E-state index is -4.42. The molecule has 0 aliphatic carbocycles. The van der Waals surface area contributed by atoms with Crippen molar-refractivity contribution in [2.75, 3.05) is 13.1 Å². The van der Waals surface area contributed by atoms with E-state index in [0.717, 1.165) is 11.4 Å². The minimum absolute atomic E-state index is 0.245. The van der Waals surface area contributed by atoms with Gasteiger partial charge in [-0.3, -0.25) is 9.88 Å². The summed E-state index contributed by atoms with van der Waals surface area (Å²) in [7, 11) is 0. The lowest BCUT2D eigenvalue weighted by Crippen LogP contribution is -2.43. The number of thiocarbonyl (C=S) groups is 1. The predicted molar refractivity (Wildman–Crippen MR) is 76.3 cm³/mol. The van der Waals surface area contributed by atoms with Crippen molar-refractivity contribution in [2.24, 2.45) is 11.7 Å². The van der Waals surface area contributed by atoms with E-state index in [2.05, 4.69) is 17.2 Å². The first-order valence-corrected chi connectivity index (χ1v) is 6.65. The molecule has 3 nitrogen and oxygen atoms in total. The van der Waals surface area contributed by atoms with Crippen molar-refractivity contribution >= 4 is 17.2 Å². The van der Waals surface area contributed by atoms with E-state index in [4.69, 9.17) is 5.73 Å². The summed E-state index contributed by atoms with van der Waals surface area (Å²) in [5, 5.41) is 0. The summed E-state index contributed by atoms with van der Waals surface area (Å²) in [4.78, 5) is 5.41. The highest BCUT2D eigenvalue weighted by molar-refractivity contribution is 7.80. The molecule has 0 amide bonds. The van der Waals surface area contributed by atoms with Crippen LogP contribution < -0.4 is 5.73 Å². The summed E-state index contributed by atoms with van der Waals surface area (Å²) < 4.78 is 38.6. The Morgan fingerprint density at radius 1 is 1.45 bits per heavy atom. The third-order valence-corrected chi connectivity index (χ3v) is 3.24. The van der Waals surface area contributed by atoms with Crippen LogP contribution in [0.5, 0.6) is 0 Å². The molecule has 0 aliphatic rings. The highest BCUT2D eigenvalue weighted by Crippen LogP contribution is 2.27. The topological polar surface area (TPSA) is 42.2 Å². The molecule has 0 radical (unpaired) electrons. The van der Waals surface area contributed by atoms with Crippen LogP contribution in [-0.2, 0) is 6.54 Å². The first kappa shape index (κ1) is 16.8. The lowest BCUT2D eigenvalue weighted by molar-refractivity contribution is -0.159. The molecule has 0 fully saturated rings. The molecule has 0 saturated carbocycles. The van der Waals surface area contributed by atoms with Gasteiger partial charge in [-0.15, -0.1) is 0 Å². The van der Waals surface area contributed by atoms with Gasteiger partial charge in [-0.25, -0.2) is 0 Å². The smallest absolute Gasteiger partial charge is 0.393 e. The van der Waals surface area contributed by atoms with Gasteiger partial charge in [0.2, 0.25) is 0 Å². The van der Waals surface area contributed by atoms with Gasteiger partial charge in [-0.2, -0.15) is 13.2 Å². The predicted octanol–water partition coefficient (Wildman–Crippen LogP) is 2.68. The summed E-state index contributed by atoms with van der Waals surface area (Å²) in [5.74, 6) is -1.79. The Labute approximate surface area is 122 Å². The maximum Gasteiger partial charge on any atom is 0.399 e. The number of halogens is 3. The van der Waals surface area contributed by atoms with Crippen LogP contribution in [0.15, 0.2) is 18.2 Å². The van der Waals surface area contributed by atoms with Crippen molar-refractivity contribution in [3.05, 3.63) is 29.6 Å².